The smallest absolute Gasteiger partial charge is 0.148 e. The molecule has 120 valence electrons. The first-order valence-corrected chi connectivity index (χ1v) is 7.37. The molecule has 0 saturated heterocycles. The number of aliphatic hydroxyl groups is 1. The largest absolute Gasteiger partial charge is 0.397 e. The summed E-state index contributed by atoms with van der Waals surface area (Å²) >= 11 is 0. The van der Waals surface area contributed by atoms with E-state index in [9.17, 15) is 5.11 Å². The maximum absolute atomic E-state index is 9.95. The molecular formula is C17H25N3O2. The zero-order chi connectivity index (χ0) is 16.3. The van der Waals surface area contributed by atoms with Crippen LogP contribution in [0.2, 0.25) is 0 Å². The number of methoxy groups -OCH3 is 1. The third-order valence-corrected chi connectivity index (χ3v) is 3.72. The highest BCUT2D eigenvalue weighted by Gasteiger charge is 2.17. The van der Waals surface area contributed by atoms with E-state index in [1.807, 2.05) is 51.4 Å². The van der Waals surface area contributed by atoms with E-state index in [-0.39, 0.29) is 6.04 Å². The maximum Gasteiger partial charge on any atom is 0.148 e. The summed E-state index contributed by atoms with van der Waals surface area (Å²) in [5.74, 6) is 0. The van der Waals surface area contributed by atoms with Crippen LogP contribution in [0.4, 0.5) is 11.4 Å². The molecule has 1 aliphatic heterocycles. The summed E-state index contributed by atoms with van der Waals surface area (Å²) in [6.45, 7) is 4.58. The third kappa shape index (κ3) is 3.61. The molecule has 1 aliphatic rings. The van der Waals surface area contributed by atoms with Crippen molar-refractivity contribution in [3.8, 4) is 0 Å². The summed E-state index contributed by atoms with van der Waals surface area (Å²) < 4.78 is 5.14. The maximum atomic E-state index is 9.95. The highest BCUT2D eigenvalue weighted by molar-refractivity contribution is 5.80. The van der Waals surface area contributed by atoms with Gasteiger partial charge in [0.1, 0.15) is 6.23 Å². The Kier molecular flexibility index (Phi) is 5.11. The zero-order valence-corrected chi connectivity index (χ0v) is 13.6. The van der Waals surface area contributed by atoms with Crippen LogP contribution in [0.1, 0.15) is 19.4 Å². The molecule has 0 bridgehead atoms. The molecule has 22 heavy (non-hydrogen) atoms. The molecule has 1 aromatic carbocycles. The van der Waals surface area contributed by atoms with Crippen LogP contribution < -0.4 is 11.1 Å². The van der Waals surface area contributed by atoms with Crippen molar-refractivity contribution in [2.45, 2.75) is 26.1 Å². The van der Waals surface area contributed by atoms with Crippen molar-refractivity contribution in [2.75, 3.05) is 31.8 Å². The van der Waals surface area contributed by atoms with Crippen molar-refractivity contribution in [2.24, 2.45) is 0 Å². The average Bonchev–Trinajstić information content (AvgIpc) is 2.47. The highest BCUT2D eigenvalue weighted by Crippen LogP contribution is 2.29. The molecule has 0 spiro atoms. The van der Waals surface area contributed by atoms with E-state index >= 15 is 0 Å². The van der Waals surface area contributed by atoms with Crippen LogP contribution in [-0.4, -0.2) is 43.0 Å². The average molecular weight is 303 g/mol. The molecule has 2 atom stereocenters. The van der Waals surface area contributed by atoms with E-state index < -0.39 is 6.23 Å². The molecule has 0 aliphatic carbocycles. The number of rotatable bonds is 5. The highest BCUT2D eigenvalue weighted by atomic mass is 16.5. The summed E-state index contributed by atoms with van der Waals surface area (Å²) in [7, 11) is 3.54. The SMILES string of the molecule is COC[C@H](C)Nc1cc(C2=CN(C)C(O)C(C)=C2)ccc1N. The van der Waals surface area contributed by atoms with Gasteiger partial charge in [0.2, 0.25) is 0 Å². The number of aliphatic hydroxyl groups excluding tert-OH is 1. The van der Waals surface area contributed by atoms with Crippen LogP contribution in [0.25, 0.3) is 5.57 Å². The number of hydrogen-bond donors (Lipinski definition) is 3. The molecule has 0 radical (unpaired) electrons. The third-order valence-electron chi connectivity index (χ3n) is 3.72. The van der Waals surface area contributed by atoms with Gasteiger partial charge in [-0.15, -0.1) is 0 Å². The predicted octanol–water partition coefficient (Wildman–Crippen LogP) is 2.27. The Hall–Kier alpha value is -1.98. The second-order valence-corrected chi connectivity index (χ2v) is 5.81. The van der Waals surface area contributed by atoms with E-state index in [2.05, 4.69) is 5.32 Å². The summed E-state index contributed by atoms with van der Waals surface area (Å²) in [6.07, 6.45) is 3.38. The molecule has 5 nitrogen and oxygen atoms in total. The second kappa shape index (κ2) is 6.85. The fraction of sp³-hybridized carbons (Fsp3) is 0.412. The van der Waals surface area contributed by atoms with Crippen molar-refractivity contribution in [3.63, 3.8) is 0 Å². The number of nitrogens with one attached hydrogen (secondary N) is 1. The molecule has 0 saturated carbocycles. The Bertz CT molecular complexity index is 596. The monoisotopic (exact) mass is 303 g/mol. The topological polar surface area (TPSA) is 70.8 Å². The lowest BCUT2D eigenvalue weighted by atomic mass is 9.99. The van der Waals surface area contributed by atoms with Gasteiger partial charge in [-0.25, -0.2) is 0 Å². The van der Waals surface area contributed by atoms with Crippen LogP contribution in [0.3, 0.4) is 0 Å². The molecule has 4 N–H and O–H groups in total. The van der Waals surface area contributed by atoms with Gasteiger partial charge in [-0.1, -0.05) is 6.07 Å². The van der Waals surface area contributed by atoms with E-state index in [1.165, 1.54) is 0 Å². The molecule has 0 aromatic heterocycles. The van der Waals surface area contributed by atoms with Crippen molar-refractivity contribution < 1.29 is 9.84 Å². The lowest BCUT2D eigenvalue weighted by molar-refractivity contribution is 0.0868. The first-order chi connectivity index (χ1) is 10.4. The van der Waals surface area contributed by atoms with E-state index in [4.69, 9.17) is 10.5 Å². The van der Waals surface area contributed by atoms with Crippen molar-refractivity contribution >= 4 is 16.9 Å². The number of nitrogen functional groups attached to an aromatic ring is 1. The molecule has 5 heteroatoms. The van der Waals surface area contributed by atoms with Crippen LogP contribution in [-0.2, 0) is 4.74 Å². The van der Waals surface area contributed by atoms with Gasteiger partial charge in [-0.2, -0.15) is 0 Å². The number of nitrogens with zero attached hydrogens (tertiary/aromatic N) is 1. The Morgan fingerprint density at radius 2 is 2.18 bits per heavy atom. The Morgan fingerprint density at radius 1 is 1.45 bits per heavy atom. The molecule has 2 rings (SSSR count). The minimum absolute atomic E-state index is 0.171. The molecular weight excluding hydrogens is 278 g/mol. The van der Waals surface area contributed by atoms with Gasteiger partial charge >= 0.3 is 0 Å². The van der Waals surface area contributed by atoms with Gasteiger partial charge in [0.25, 0.3) is 0 Å². The van der Waals surface area contributed by atoms with Gasteiger partial charge in [-0.05, 0) is 48.8 Å². The van der Waals surface area contributed by atoms with Crippen LogP contribution >= 0.6 is 0 Å². The number of hydrogen-bond acceptors (Lipinski definition) is 5. The second-order valence-electron chi connectivity index (χ2n) is 5.81. The van der Waals surface area contributed by atoms with E-state index in [1.54, 1.807) is 12.0 Å². The first-order valence-electron chi connectivity index (χ1n) is 7.37. The minimum Gasteiger partial charge on any atom is -0.397 e. The van der Waals surface area contributed by atoms with E-state index in [0.717, 1.165) is 22.4 Å². The Morgan fingerprint density at radius 3 is 2.82 bits per heavy atom. The van der Waals surface area contributed by atoms with Crippen LogP contribution in [0.5, 0.6) is 0 Å². The Labute approximate surface area is 132 Å². The molecule has 1 unspecified atom stereocenters. The fourth-order valence-corrected chi connectivity index (χ4v) is 2.54. The quantitative estimate of drug-likeness (QED) is 0.728. The molecule has 1 heterocycles. The predicted molar refractivity (Wildman–Crippen MR) is 91.3 cm³/mol. The number of ether oxygens (including phenoxy) is 1. The van der Waals surface area contributed by atoms with Gasteiger partial charge in [-0.3, -0.25) is 0 Å². The van der Waals surface area contributed by atoms with E-state index in [0.29, 0.717) is 12.3 Å². The summed E-state index contributed by atoms with van der Waals surface area (Å²) in [5.41, 5.74) is 10.7. The lowest BCUT2D eigenvalue weighted by Crippen LogP contribution is -2.30. The standard InChI is InChI=1S/C17H25N3O2/c1-11-7-14(9-20(3)17(11)21)13-5-6-15(18)16(8-13)19-12(2)10-22-4/h5-9,12,17,19,21H,10,18H2,1-4H3/t12-,17?/m0/s1. The molecule has 0 fully saturated rings. The summed E-state index contributed by atoms with van der Waals surface area (Å²) in [6, 6.07) is 6.09. The summed E-state index contributed by atoms with van der Waals surface area (Å²) in [5, 5.41) is 13.3. The number of benzene rings is 1. The number of nitrogens with two attached hydrogens (primary N) is 1. The van der Waals surface area contributed by atoms with Crippen LogP contribution in [0, 0.1) is 0 Å². The number of anilines is 2. The van der Waals surface area contributed by atoms with Crippen molar-refractivity contribution in [1.82, 2.24) is 4.90 Å². The number of allylic oxidation sites excluding steroid dienone is 2. The molecule has 0 amide bonds. The minimum atomic E-state index is -0.558. The van der Waals surface area contributed by atoms with Gasteiger partial charge in [0.05, 0.1) is 18.0 Å². The van der Waals surface area contributed by atoms with Gasteiger partial charge in [0, 0.05) is 26.4 Å². The fourth-order valence-electron chi connectivity index (χ4n) is 2.54. The number of likely N-dealkylation sites (N-methyl/N-ethyl adjacent to an activating group) is 1. The van der Waals surface area contributed by atoms with Gasteiger partial charge in [0.15, 0.2) is 0 Å². The summed E-state index contributed by atoms with van der Waals surface area (Å²) in [4.78, 5) is 1.79. The Balaban J connectivity index is 2.28. The molecule has 1 aromatic rings. The normalized spacial score (nSPS) is 19.5. The van der Waals surface area contributed by atoms with Crippen LogP contribution in [0.15, 0.2) is 36.0 Å². The zero-order valence-electron chi connectivity index (χ0n) is 13.6. The van der Waals surface area contributed by atoms with Crippen molar-refractivity contribution in [3.05, 3.63) is 41.6 Å². The van der Waals surface area contributed by atoms with Crippen molar-refractivity contribution in [1.29, 1.82) is 0 Å². The van der Waals surface area contributed by atoms with Gasteiger partial charge < -0.3 is 25.8 Å². The lowest BCUT2D eigenvalue weighted by Gasteiger charge is -2.28. The first kappa shape index (κ1) is 16.4.